The van der Waals surface area contributed by atoms with Crippen molar-refractivity contribution in [2.45, 2.75) is 108 Å². The number of hydrogen-bond acceptors (Lipinski definition) is 3. The molecule has 0 bridgehead atoms. The minimum atomic E-state index is -0.405. The van der Waals surface area contributed by atoms with Gasteiger partial charge in [-0.05, 0) is 38.5 Å². The van der Waals surface area contributed by atoms with Crippen molar-refractivity contribution in [3.8, 4) is 0 Å². The van der Waals surface area contributed by atoms with Crippen LogP contribution in [0, 0.1) is 5.41 Å². The summed E-state index contributed by atoms with van der Waals surface area (Å²) >= 11 is 9.36. The zero-order valence-corrected chi connectivity index (χ0v) is 17.3. The van der Waals surface area contributed by atoms with Gasteiger partial charge < -0.3 is 5.73 Å². The molecule has 4 heteroatoms. The Morgan fingerprint density at radius 3 is 1.57 bits per heavy atom. The first-order chi connectivity index (χ1) is 10.9. The van der Waals surface area contributed by atoms with Gasteiger partial charge in [0.25, 0.3) is 0 Å². The van der Waals surface area contributed by atoms with E-state index in [4.69, 9.17) is 5.73 Å². The second-order valence-electron chi connectivity index (χ2n) is 7.30. The van der Waals surface area contributed by atoms with Crippen LogP contribution >= 0.6 is 25.3 Å². The summed E-state index contributed by atoms with van der Waals surface area (Å²) in [5, 5.41) is 0.771. The fraction of sp³-hybridized carbons (Fsp3) is 0.947. The van der Waals surface area contributed by atoms with E-state index in [1.807, 2.05) is 6.92 Å². The van der Waals surface area contributed by atoms with Crippen molar-refractivity contribution in [2.24, 2.45) is 11.1 Å². The fourth-order valence-corrected chi connectivity index (χ4v) is 3.51. The molecule has 0 aliphatic carbocycles. The maximum absolute atomic E-state index is 11.9. The van der Waals surface area contributed by atoms with Crippen LogP contribution in [0.15, 0.2) is 0 Å². The second kappa shape index (κ2) is 13.5. The summed E-state index contributed by atoms with van der Waals surface area (Å²) in [4.78, 5) is 11.9. The lowest BCUT2D eigenvalue weighted by Gasteiger charge is -2.28. The Labute approximate surface area is 155 Å². The highest BCUT2D eigenvalue weighted by atomic mass is 32.1. The van der Waals surface area contributed by atoms with E-state index in [0.29, 0.717) is 10.5 Å². The highest BCUT2D eigenvalue weighted by molar-refractivity contribution is 7.81. The normalized spacial score (nSPS) is 16.7. The molecule has 0 aromatic heterocycles. The zero-order valence-electron chi connectivity index (χ0n) is 15.5. The number of carbonyl (C=O) groups is 1. The molecule has 2 atom stereocenters. The number of thiol groups is 2. The van der Waals surface area contributed by atoms with Gasteiger partial charge in [-0.15, -0.1) is 0 Å². The molecule has 0 aromatic carbocycles. The Balaban J connectivity index is 4.21. The first-order valence-corrected chi connectivity index (χ1v) is 10.5. The molecule has 0 spiro atoms. The van der Waals surface area contributed by atoms with Gasteiger partial charge in [0, 0.05) is 15.9 Å². The molecule has 0 radical (unpaired) electrons. The van der Waals surface area contributed by atoms with Crippen LogP contribution in [0.3, 0.4) is 0 Å². The van der Waals surface area contributed by atoms with Gasteiger partial charge in [-0.3, -0.25) is 4.79 Å². The molecule has 2 N–H and O–H groups in total. The average molecular weight is 362 g/mol. The van der Waals surface area contributed by atoms with Crippen molar-refractivity contribution in [1.82, 2.24) is 0 Å². The number of rotatable bonds is 15. The van der Waals surface area contributed by atoms with Gasteiger partial charge in [-0.1, -0.05) is 59.3 Å². The number of amides is 1. The molecule has 2 unspecified atom stereocenters. The number of carbonyl (C=O) groups excluding carboxylic acids is 1. The Morgan fingerprint density at radius 1 is 0.870 bits per heavy atom. The van der Waals surface area contributed by atoms with E-state index < -0.39 is 5.41 Å². The summed E-state index contributed by atoms with van der Waals surface area (Å²) in [5.74, 6) is -0.166. The lowest BCUT2D eigenvalue weighted by Crippen LogP contribution is -2.35. The molecular formula is C19H39NOS2. The van der Waals surface area contributed by atoms with Crippen molar-refractivity contribution in [2.75, 3.05) is 0 Å². The lowest BCUT2D eigenvalue weighted by molar-refractivity contribution is -0.127. The van der Waals surface area contributed by atoms with Gasteiger partial charge in [0.1, 0.15) is 0 Å². The number of hydrogen-bond donors (Lipinski definition) is 3. The third-order valence-corrected chi connectivity index (χ3v) is 5.97. The molecule has 138 valence electrons. The van der Waals surface area contributed by atoms with Crippen LogP contribution in [0.4, 0.5) is 0 Å². The fourth-order valence-electron chi connectivity index (χ4n) is 2.89. The quantitative estimate of drug-likeness (QED) is 0.250. The summed E-state index contributed by atoms with van der Waals surface area (Å²) < 4.78 is 0. The van der Waals surface area contributed by atoms with E-state index in [1.165, 1.54) is 38.5 Å². The maximum Gasteiger partial charge on any atom is 0.223 e. The molecule has 0 rings (SSSR count). The Morgan fingerprint density at radius 2 is 1.26 bits per heavy atom. The number of primary amides is 1. The van der Waals surface area contributed by atoms with Crippen LogP contribution in [-0.4, -0.2) is 16.4 Å². The van der Waals surface area contributed by atoms with E-state index >= 15 is 0 Å². The highest BCUT2D eigenvalue weighted by Crippen LogP contribution is 2.33. The van der Waals surface area contributed by atoms with Crippen LogP contribution in [0.1, 0.15) is 97.8 Å². The Kier molecular flexibility index (Phi) is 13.6. The molecule has 0 saturated carbocycles. The van der Waals surface area contributed by atoms with Crippen molar-refractivity contribution in [1.29, 1.82) is 0 Å². The molecular weight excluding hydrogens is 322 g/mol. The van der Waals surface area contributed by atoms with E-state index in [0.717, 1.165) is 38.5 Å². The Hall–Kier alpha value is 0.170. The molecule has 0 aromatic rings. The van der Waals surface area contributed by atoms with Crippen molar-refractivity contribution < 1.29 is 4.79 Å². The molecule has 0 saturated heterocycles. The maximum atomic E-state index is 11.9. The topological polar surface area (TPSA) is 43.1 Å². The first-order valence-electron chi connectivity index (χ1n) is 9.51. The van der Waals surface area contributed by atoms with E-state index in [-0.39, 0.29) is 5.91 Å². The molecule has 0 aliphatic rings. The van der Waals surface area contributed by atoms with Gasteiger partial charge in [0.15, 0.2) is 0 Å². The highest BCUT2D eigenvalue weighted by Gasteiger charge is 2.31. The zero-order chi connectivity index (χ0) is 17.7. The minimum Gasteiger partial charge on any atom is -0.369 e. The monoisotopic (exact) mass is 361 g/mol. The third-order valence-electron chi connectivity index (χ3n) is 4.94. The van der Waals surface area contributed by atoms with E-state index in [2.05, 4.69) is 39.1 Å². The van der Waals surface area contributed by atoms with E-state index in [9.17, 15) is 4.79 Å². The number of nitrogens with two attached hydrogens (primary N) is 1. The second-order valence-corrected chi connectivity index (χ2v) is 8.76. The van der Waals surface area contributed by atoms with Gasteiger partial charge in [0.2, 0.25) is 5.91 Å². The minimum absolute atomic E-state index is 0.166. The van der Waals surface area contributed by atoms with Gasteiger partial charge in [-0.2, -0.15) is 25.3 Å². The molecule has 2 nitrogen and oxygen atoms in total. The largest absolute Gasteiger partial charge is 0.369 e. The smallest absolute Gasteiger partial charge is 0.223 e. The lowest BCUT2D eigenvalue weighted by atomic mass is 9.79. The average Bonchev–Trinajstić information content (AvgIpc) is 2.51. The van der Waals surface area contributed by atoms with Crippen LogP contribution in [0.2, 0.25) is 0 Å². The van der Waals surface area contributed by atoms with Crippen LogP contribution in [0.25, 0.3) is 0 Å². The van der Waals surface area contributed by atoms with Gasteiger partial charge in [0.05, 0.1) is 0 Å². The Bertz CT molecular complexity index is 290. The summed E-state index contributed by atoms with van der Waals surface area (Å²) in [6.45, 7) is 6.45. The first kappa shape index (κ1) is 23.2. The summed E-state index contributed by atoms with van der Waals surface area (Å²) in [6, 6.07) is 0. The van der Waals surface area contributed by atoms with Gasteiger partial charge in [-0.25, -0.2) is 0 Å². The third kappa shape index (κ3) is 11.4. The molecule has 0 aliphatic heterocycles. The SMILES string of the molecule is CCCCCC(S)CCC(C)(CCC(S)CCCCC)C(N)=O. The predicted molar refractivity (Wildman–Crippen MR) is 110 cm³/mol. The summed E-state index contributed by atoms with van der Waals surface area (Å²) in [5.41, 5.74) is 5.29. The van der Waals surface area contributed by atoms with Crippen molar-refractivity contribution in [3.05, 3.63) is 0 Å². The molecule has 1 amide bonds. The van der Waals surface area contributed by atoms with Crippen LogP contribution in [-0.2, 0) is 4.79 Å². The predicted octanol–water partition coefficient (Wildman–Crippen LogP) is 5.80. The van der Waals surface area contributed by atoms with E-state index in [1.54, 1.807) is 0 Å². The molecule has 23 heavy (non-hydrogen) atoms. The molecule has 0 fully saturated rings. The van der Waals surface area contributed by atoms with Crippen LogP contribution in [0.5, 0.6) is 0 Å². The molecule has 0 heterocycles. The van der Waals surface area contributed by atoms with Crippen LogP contribution < -0.4 is 5.73 Å². The summed E-state index contributed by atoms with van der Waals surface area (Å²) in [6.07, 6.45) is 13.4. The van der Waals surface area contributed by atoms with Crippen molar-refractivity contribution >= 4 is 31.2 Å². The van der Waals surface area contributed by atoms with Crippen molar-refractivity contribution in [3.63, 3.8) is 0 Å². The number of unbranched alkanes of at least 4 members (excludes halogenated alkanes) is 4. The van der Waals surface area contributed by atoms with Gasteiger partial charge >= 0.3 is 0 Å². The standard InChI is InChI=1S/C19H39NOS2/c1-4-6-8-10-16(22)12-14-19(3,18(20)21)15-13-17(23)11-9-7-5-2/h16-17,22-23H,4-15H2,1-3H3,(H2,20,21). The summed E-state index contributed by atoms with van der Waals surface area (Å²) in [7, 11) is 0.